The van der Waals surface area contributed by atoms with Crippen molar-refractivity contribution in [3.05, 3.63) is 77.6 Å². The molecule has 2 aromatic carbocycles. The molecule has 0 atom stereocenters. The summed E-state index contributed by atoms with van der Waals surface area (Å²) >= 11 is 0. The third-order valence-corrected chi connectivity index (χ3v) is 4.09. The number of carbonyl (C=O) groups excluding carboxylic acids is 1. The van der Waals surface area contributed by atoms with Gasteiger partial charge in [-0.1, -0.05) is 0 Å². The van der Waals surface area contributed by atoms with Crippen molar-refractivity contribution in [3.8, 4) is 17.2 Å². The van der Waals surface area contributed by atoms with E-state index in [4.69, 9.17) is 14.2 Å². The molecule has 0 bridgehead atoms. The number of methoxy groups -OCH3 is 2. The number of amides is 1. The fourth-order valence-electron chi connectivity index (χ4n) is 2.67. The Hall–Kier alpha value is -3.38. The van der Waals surface area contributed by atoms with E-state index in [0.717, 1.165) is 11.4 Å². The molecule has 1 N–H and O–H groups in total. The molecule has 1 aromatic heterocycles. The Morgan fingerprint density at radius 3 is 2.07 bits per heavy atom. The second-order valence-corrected chi connectivity index (χ2v) is 6.12. The zero-order valence-electron chi connectivity index (χ0n) is 16.1. The Bertz CT molecular complexity index is 938. The fourth-order valence-corrected chi connectivity index (χ4v) is 2.67. The van der Waals surface area contributed by atoms with Crippen molar-refractivity contribution in [2.75, 3.05) is 19.5 Å². The molecule has 6 nitrogen and oxygen atoms in total. The number of anilines is 1. The SMILES string of the molecule is COCc1ccc(C(=O)Nc2ccc(Oc3ccc(OC)cc3)cc2)c(C)n1. The molecule has 0 spiro atoms. The Labute approximate surface area is 164 Å². The highest BCUT2D eigenvalue weighted by atomic mass is 16.5. The third kappa shape index (κ3) is 4.86. The lowest BCUT2D eigenvalue weighted by atomic mass is 10.1. The monoisotopic (exact) mass is 378 g/mol. The molecular weight excluding hydrogens is 356 g/mol. The molecule has 0 aliphatic rings. The first kappa shape index (κ1) is 19.4. The highest BCUT2D eigenvalue weighted by molar-refractivity contribution is 6.05. The number of pyridine rings is 1. The zero-order valence-corrected chi connectivity index (χ0v) is 16.1. The average molecular weight is 378 g/mol. The summed E-state index contributed by atoms with van der Waals surface area (Å²) in [5, 5.41) is 2.87. The molecule has 28 heavy (non-hydrogen) atoms. The van der Waals surface area contributed by atoms with Crippen molar-refractivity contribution in [1.82, 2.24) is 4.98 Å². The van der Waals surface area contributed by atoms with Gasteiger partial charge >= 0.3 is 0 Å². The molecule has 0 unspecified atom stereocenters. The van der Waals surface area contributed by atoms with Crippen molar-refractivity contribution < 1.29 is 19.0 Å². The van der Waals surface area contributed by atoms with Crippen LogP contribution in [-0.2, 0) is 11.3 Å². The van der Waals surface area contributed by atoms with Crippen LogP contribution in [-0.4, -0.2) is 25.1 Å². The van der Waals surface area contributed by atoms with Gasteiger partial charge in [0.2, 0.25) is 0 Å². The van der Waals surface area contributed by atoms with Crippen LogP contribution >= 0.6 is 0 Å². The standard InChI is InChI=1S/C22H22N2O4/c1-15-21(13-6-17(23-15)14-26-2)22(25)24-16-4-7-19(8-5-16)28-20-11-9-18(27-3)10-12-20/h4-13H,14H2,1-3H3,(H,24,25). The summed E-state index contributed by atoms with van der Waals surface area (Å²) in [5.74, 6) is 1.93. The summed E-state index contributed by atoms with van der Waals surface area (Å²) in [6.07, 6.45) is 0. The second-order valence-electron chi connectivity index (χ2n) is 6.12. The summed E-state index contributed by atoms with van der Waals surface area (Å²) in [6.45, 7) is 2.22. The quantitative estimate of drug-likeness (QED) is 0.651. The first-order valence-corrected chi connectivity index (χ1v) is 8.78. The predicted octanol–water partition coefficient (Wildman–Crippen LogP) is 4.59. The lowest BCUT2D eigenvalue weighted by Crippen LogP contribution is -2.14. The highest BCUT2D eigenvalue weighted by Crippen LogP contribution is 2.25. The van der Waals surface area contributed by atoms with Gasteiger partial charge < -0.3 is 19.5 Å². The van der Waals surface area contributed by atoms with E-state index < -0.39 is 0 Å². The van der Waals surface area contributed by atoms with Crippen molar-refractivity contribution in [3.63, 3.8) is 0 Å². The smallest absolute Gasteiger partial charge is 0.257 e. The van der Waals surface area contributed by atoms with Crippen molar-refractivity contribution >= 4 is 11.6 Å². The van der Waals surface area contributed by atoms with Crippen LogP contribution in [0.2, 0.25) is 0 Å². The lowest BCUT2D eigenvalue weighted by Gasteiger charge is -2.10. The van der Waals surface area contributed by atoms with Gasteiger partial charge in [0.25, 0.3) is 5.91 Å². The number of rotatable bonds is 7. The van der Waals surface area contributed by atoms with Gasteiger partial charge in [-0.05, 0) is 67.6 Å². The van der Waals surface area contributed by atoms with Crippen molar-refractivity contribution in [2.45, 2.75) is 13.5 Å². The van der Waals surface area contributed by atoms with Crippen LogP contribution < -0.4 is 14.8 Å². The number of ether oxygens (including phenoxy) is 3. The van der Waals surface area contributed by atoms with Crippen molar-refractivity contribution in [2.24, 2.45) is 0 Å². The number of aromatic nitrogens is 1. The van der Waals surface area contributed by atoms with Gasteiger partial charge in [-0.15, -0.1) is 0 Å². The molecule has 0 aliphatic carbocycles. The van der Waals surface area contributed by atoms with Gasteiger partial charge in [0.1, 0.15) is 17.2 Å². The van der Waals surface area contributed by atoms with Gasteiger partial charge in [-0.25, -0.2) is 0 Å². The van der Waals surface area contributed by atoms with Gasteiger partial charge in [0.05, 0.1) is 30.7 Å². The Morgan fingerprint density at radius 1 is 0.893 bits per heavy atom. The first-order valence-electron chi connectivity index (χ1n) is 8.78. The van der Waals surface area contributed by atoms with E-state index >= 15 is 0 Å². The van der Waals surface area contributed by atoms with Gasteiger partial charge in [-0.2, -0.15) is 0 Å². The van der Waals surface area contributed by atoms with Crippen LogP contribution in [0.1, 0.15) is 21.7 Å². The Morgan fingerprint density at radius 2 is 1.50 bits per heavy atom. The number of aryl methyl sites for hydroxylation is 1. The van der Waals surface area contributed by atoms with E-state index in [-0.39, 0.29) is 5.91 Å². The molecule has 0 saturated heterocycles. The second kappa shape index (κ2) is 9.01. The maximum absolute atomic E-state index is 12.5. The van der Waals surface area contributed by atoms with Crippen LogP contribution in [0.3, 0.4) is 0 Å². The number of carbonyl (C=O) groups is 1. The molecule has 1 amide bonds. The summed E-state index contributed by atoms with van der Waals surface area (Å²) in [6, 6.07) is 18.0. The summed E-state index contributed by atoms with van der Waals surface area (Å²) in [4.78, 5) is 16.9. The molecule has 0 fully saturated rings. The Balaban J connectivity index is 1.64. The molecule has 144 valence electrons. The fraction of sp³-hybridized carbons (Fsp3) is 0.182. The number of nitrogens with zero attached hydrogens (tertiary/aromatic N) is 1. The topological polar surface area (TPSA) is 69.7 Å². The largest absolute Gasteiger partial charge is 0.497 e. The maximum atomic E-state index is 12.5. The van der Waals surface area contributed by atoms with E-state index in [2.05, 4.69) is 10.3 Å². The first-order chi connectivity index (χ1) is 13.6. The molecule has 6 heteroatoms. The lowest BCUT2D eigenvalue weighted by molar-refractivity contribution is 0.102. The normalized spacial score (nSPS) is 10.4. The summed E-state index contributed by atoms with van der Waals surface area (Å²) < 4.78 is 16.0. The molecule has 3 rings (SSSR count). The maximum Gasteiger partial charge on any atom is 0.257 e. The number of benzene rings is 2. The van der Waals surface area contributed by atoms with Gasteiger partial charge in [0.15, 0.2) is 0 Å². The molecular formula is C22H22N2O4. The minimum Gasteiger partial charge on any atom is -0.497 e. The van der Waals surface area contributed by atoms with Crippen LogP contribution in [0.4, 0.5) is 5.69 Å². The number of hydrogen-bond acceptors (Lipinski definition) is 5. The summed E-state index contributed by atoms with van der Waals surface area (Å²) in [5.41, 5.74) is 2.65. The van der Waals surface area contributed by atoms with E-state index in [0.29, 0.717) is 35.1 Å². The summed E-state index contributed by atoms with van der Waals surface area (Å²) in [7, 11) is 3.23. The molecule has 3 aromatic rings. The highest BCUT2D eigenvalue weighted by Gasteiger charge is 2.11. The third-order valence-electron chi connectivity index (χ3n) is 4.09. The number of nitrogens with one attached hydrogen (secondary N) is 1. The van der Waals surface area contributed by atoms with E-state index in [1.165, 1.54) is 0 Å². The van der Waals surface area contributed by atoms with E-state index in [1.54, 1.807) is 57.5 Å². The predicted molar refractivity (Wildman–Crippen MR) is 107 cm³/mol. The van der Waals surface area contributed by atoms with Crippen LogP contribution in [0.5, 0.6) is 17.2 Å². The van der Waals surface area contributed by atoms with Gasteiger partial charge in [-0.3, -0.25) is 9.78 Å². The van der Waals surface area contributed by atoms with Gasteiger partial charge in [0, 0.05) is 12.8 Å². The van der Waals surface area contributed by atoms with E-state index in [9.17, 15) is 4.79 Å². The number of hydrogen-bond donors (Lipinski definition) is 1. The zero-order chi connectivity index (χ0) is 19.9. The van der Waals surface area contributed by atoms with Crippen LogP contribution in [0, 0.1) is 6.92 Å². The average Bonchev–Trinajstić information content (AvgIpc) is 2.70. The van der Waals surface area contributed by atoms with E-state index in [1.807, 2.05) is 24.3 Å². The molecule has 0 radical (unpaired) electrons. The molecule has 0 saturated carbocycles. The van der Waals surface area contributed by atoms with Crippen LogP contribution in [0.25, 0.3) is 0 Å². The molecule has 1 heterocycles. The molecule has 0 aliphatic heterocycles. The van der Waals surface area contributed by atoms with Crippen molar-refractivity contribution in [1.29, 1.82) is 0 Å². The van der Waals surface area contributed by atoms with Crippen LogP contribution in [0.15, 0.2) is 60.7 Å². The minimum atomic E-state index is -0.210. The Kier molecular flexibility index (Phi) is 6.24. The minimum absolute atomic E-state index is 0.210.